The van der Waals surface area contributed by atoms with Crippen LogP contribution in [0.25, 0.3) is 0 Å². The van der Waals surface area contributed by atoms with Gasteiger partial charge in [0.2, 0.25) is 0 Å². The van der Waals surface area contributed by atoms with E-state index in [1.807, 2.05) is 24.1 Å². The fourth-order valence-electron chi connectivity index (χ4n) is 1.57. The molecule has 4 heteroatoms. The predicted molar refractivity (Wildman–Crippen MR) is 61.6 cm³/mol. The molecule has 1 aromatic heterocycles. The molecule has 2 N–H and O–H groups in total. The van der Waals surface area contributed by atoms with Crippen molar-refractivity contribution in [2.45, 2.75) is 6.54 Å². The zero-order valence-corrected chi connectivity index (χ0v) is 8.98. The highest BCUT2D eigenvalue weighted by atomic mass is 19.1. The standard InChI is InChI=1S/C12H13FN2O/c1-15(8-10-3-2-6-16-10)12-7-9(13)4-5-11(12)14/h2-7H,8,14H2,1H3. The summed E-state index contributed by atoms with van der Waals surface area (Å²) in [5.74, 6) is 0.515. The van der Waals surface area contributed by atoms with Crippen molar-refractivity contribution in [2.24, 2.45) is 0 Å². The monoisotopic (exact) mass is 220 g/mol. The van der Waals surface area contributed by atoms with Crippen LogP contribution in [0.2, 0.25) is 0 Å². The minimum Gasteiger partial charge on any atom is -0.467 e. The molecule has 2 rings (SSSR count). The quantitative estimate of drug-likeness (QED) is 0.808. The Bertz CT molecular complexity index is 468. The summed E-state index contributed by atoms with van der Waals surface area (Å²) in [6.07, 6.45) is 1.61. The van der Waals surface area contributed by atoms with Crippen molar-refractivity contribution in [3.8, 4) is 0 Å². The van der Waals surface area contributed by atoms with E-state index in [1.54, 1.807) is 12.3 Å². The normalized spacial score (nSPS) is 10.4. The molecule has 16 heavy (non-hydrogen) atoms. The van der Waals surface area contributed by atoms with Gasteiger partial charge < -0.3 is 15.1 Å². The van der Waals surface area contributed by atoms with E-state index in [1.165, 1.54) is 12.1 Å². The second-order valence-electron chi connectivity index (χ2n) is 3.64. The fraction of sp³-hybridized carbons (Fsp3) is 0.167. The number of rotatable bonds is 3. The first-order valence-electron chi connectivity index (χ1n) is 4.95. The molecular formula is C12H13FN2O. The molecule has 0 aliphatic carbocycles. The molecule has 0 amide bonds. The number of anilines is 2. The van der Waals surface area contributed by atoms with Gasteiger partial charge in [0.1, 0.15) is 11.6 Å². The lowest BCUT2D eigenvalue weighted by Crippen LogP contribution is -2.17. The molecule has 0 saturated heterocycles. The highest BCUT2D eigenvalue weighted by Gasteiger charge is 2.08. The Morgan fingerprint density at radius 3 is 2.88 bits per heavy atom. The molecule has 3 nitrogen and oxygen atoms in total. The summed E-state index contributed by atoms with van der Waals surface area (Å²) in [6, 6.07) is 8.01. The maximum atomic E-state index is 13.1. The first-order valence-corrected chi connectivity index (χ1v) is 4.95. The van der Waals surface area contributed by atoms with E-state index in [0.29, 0.717) is 17.9 Å². The van der Waals surface area contributed by atoms with Crippen LogP contribution in [0.1, 0.15) is 5.76 Å². The lowest BCUT2D eigenvalue weighted by Gasteiger charge is -2.19. The number of halogens is 1. The van der Waals surface area contributed by atoms with E-state index in [9.17, 15) is 4.39 Å². The van der Waals surface area contributed by atoms with Crippen LogP contribution in [0.3, 0.4) is 0 Å². The van der Waals surface area contributed by atoms with Gasteiger partial charge in [-0.3, -0.25) is 0 Å². The summed E-state index contributed by atoms with van der Waals surface area (Å²) in [7, 11) is 1.84. The van der Waals surface area contributed by atoms with Crippen LogP contribution in [0.4, 0.5) is 15.8 Å². The van der Waals surface area contributed by atoms with Crippen LogP contribution < -0.4 is 10.6 Å². The van der Waals surface area contributed by atoms with Crippen LogP contribution >= 0.6 is 0 Å². The minimum atomic E-state index is -0.296. The largest absolute Gasteiger partial charge is 0.467 e. The smallest absolute Gasteiger partial charge is 0.125 e. The van der Waals surface area contributed by atoms with Crippen LogP contribution in [-0.2, 0) is 6.54 Å². The average Bonchev–Trinajstić information content (AvgIpc) is 2.74. The van der Waals surface area contributed by atoms with Crippen LogP contribution in [0, 0.1) is 5.82 Å². The van der Waals surface area contributed by atoms with Gasteiger partial charge >= 0.3 is 0 Å². The average molecular weight is 220 g/mol. The van der Waals surface area contributed by atoms with Gasteiger partial charge in [-0.2, -0.15) is 0 Å². The third kappa shape index (κ3) is 2.16. The van der Waals surface area contributed by atoms with Gasteiger partial charge in [0.05, 0.1) is 24.2 Å². The van der Waals surface area contributed by atoms with Crippen LogP contribution in [-0.4, -0.2) is 7.05 Å². The summed E-state index contributed by atoms with van der Waals surface area (Å²) >= 11 is 0. The number of nitrogens with zero attached hydrogens (tertiary/aromatic N) is 1. The first kappa shape index (κ1) is 10.5. The molecule has 0 atom stereocenters. The highest BCUT2D eigenvalue weighted by Crippen LogP contribution is 2.24. The number of hydrogen-bond acceptors (Lipinski definition) is 3. The molecule has 0 saturated carbocycles. The van der Waals surface area contributed by atoms with Gasteiger partial charge in [0, 0.05) is 7.05 Å². The summed E-state index contributed by atoms with van der Waals surface area (Å²) in [5.41, 5.74) is 7.00. The summed E-state index contributed by atoms with van der Waals surface area (Å²) in [5, 5.41) is 0. The SMILES string of the molecule is CN(Cc1ccco1)c1cc(F)ccc1N. The van der Waals surface area contributed by atoms with Crippen molar-refractivity contribution < 1.29 is 8.81 Å². The maximum absolute atomic E-state index is 13.1. The van der Waals surface area contributed by atoms with E-state index in [2.05, 4.69) is 0 Å². The molecule has 84 valence electrons. The Kier molecular flexibility index (Phi) is 2.81. The molecule has 0 aliphatic rings. The van der Waals surface area contributed by atoms with Crippen molar-refractivity contribution in [3.05, 3.63) is 48.2 Å². The molecule has 0 spiro atoms. The molecule has 1 aromatic carbocycles. The first-order chi connectivity index (χ1) is 7.66. The van der Waals surface area contributed by atoms with E-state index in [4.69, 9.17) is 10.2 Å². The van der Waals surface area contributed by atoms with Gasteiger partial charge in [-0.1, -0.05) is 0 Å². The van der Waals surface area contributed by atoms with E-state index in [-0.39, 0.29) is 5.82 Å². The Labute approximate surface area is 93.3 Å². The van der Waals surface area contributed by atoms with Crippen LogP contribution in [0.5, 0.6) is 0 Å². The lowest BCUT2D eigenvalue weighted by molar-refractivity contribution is 0.507. The predicted octanol–water partition coefficient (Wildman–Crippen LogP) is 2.64. The Morgan fingerprint density at radius 2 is 2.19 bits per heavy atom. The summed E-state index contributed by atoms with van der Waals surface area (Å²) < 4.78 is 18.3. The molecule has 0 fully saturated rings. The third-order valence-corrected chi connectivity index (χ3v) is 2.38. The molecule has 0 unspecified atom stereocenters. The molecule has 1 heterocycles. The Hall–Kier alpha value is -1.97. The topological polar surface area (TPSA) is 42.4 Å². The summed E-state index contributed by atoms with van der Waals surface area (Å²) in [4.78, 5) is 1.84. The second-order valence-corrected chi connectivity index (χ2v) is 3.64. The molecule has 0 bridgehead atoms. The minimum absolute atomic E-state index is 0.296. The molecule has 2 aromatic rings. The maximum Gasteiger partial charge on any atom is 0.125 e. The molecular weight excluding hydrogens is 207 g/mol. The van der Waals surface area contributed by atoms with Crippen molar-refractivity contribution >= 4 is 11.4 Å². The number of benzene rings is 1. The van der Waals surface area contributed by atoms with Crippen LogP contribution in [0.15, 0.2) is 41.0 Å². The van der Waals surface area contributed by atoms with Gasteiger partial charge in [-0.15, -0.1) is 0 Å². The van der Waals surface area contributed by atoms with Gasteiger partial charge in [0.25, 0.3) is 0 Å². The van der Waals surface area contributed by atoms with Crippen molar-refractivity contribution in [2.75, 3.05) is 17.7 Å². The Morgan fingerprint density at radius 1 is 1.38 bits per heavy atom. The number of nitrogen functional groups attached to an aromatic ring is 1. The highest BCUT2D eigenvalue weighted by molar-refractivity contribution is 5.67. The van der Waals surface area contributed by atoms with E-state index >= 15 is 0 Å². The lowest BCUT2D eigenvalue weighted by atomic mass is 10.2. The number of nitrogens with two attached hydrogens (primary N) is 1. The Balaban J connectivity index is 2.20. The van der Waals surface area contributed by atoms with Gasteiger partial charge in [-0.25, -0.2) is 4.39 Å². The van der Waals surface area contributed by atoms with Crippen molar-refractivity contribution in [1.82, 2.24) is 0 Å². The van der Waals surface area contributed by atoms with E-state index in [0.717, 1.165) is 5.76 Å². The zero-order valence-electron chi connectivity index (χ0n) is 8.98. The number of hydrogen-bond donors (Lipinski definition) is 1. The van der Waals surface area contributed by atoms with Gasteiger partial charge in [0.15, 0.2) is 0 Å². The van der Waals surface area contributed by atoms with Crippen molar-refractivity contribution in [3.63, 3.8) is 0 Å². The second kappa shape index (κ2) is 4.26. The summed E-state index contributed by atoms with van der Waals surface area (Å²) in [6.45, 7) is 0.556. The number of furan rings is 1. The third-order valence-electron chi connectivity index (χ3n) is 2.38. The molecule has 0 radical (unpaired) electrons. The van der Waals surface area contributed by atoms with E-state index < -0.39 is 0 Å². The van der Waals surface area contributed by atoms with Gasteiger partial charge in [-0.05, 0) is 30.3 Å². The van der Waals surface area contributed by atoms with Crippen molar-refractivity contribution in [1.29, 1.82) is 0 Å². The zero-order chi connectivity index (χ0) is 11.5. The molecule has 0 aliphatic heterocycles. The fourth-order valence-corrected chi connectivity index (χ4v) is 1.57.